The van der Waals surface area contributed by atoms with Gasteiger partial charge in [0, 0.05) is 4.47 Å². The van der Waals surface area contributed by atoms with E-state index in [2.05, 4.69) is 20.7 Å². The van der Waals surface area contributed by atoms with Crippen molar-refractivity contribution in [2.45, 2.75) is 12.4 Å². The smallest absolute Gasteiger partial charge is 0.406 e. The summed E-state index contributed by atoms with van der Waals surface area (Å²) in [5, 5.41) is 0. The van der Waals surface area contributed by atoms with E-state index in [1.807, 2.05) is 0 Å². The Hall–Kier alpha value is -1.31. The second-order valence-corrected chi connectivity index (χ2v) is 5.11. The molecule has 1 atom stereocenters. The van der Waals surface area contributed by atoms with Crippen LogP contribution in [0.25, 0.3) is 0 Å². The summed E-state index contributed by atoms with van der Waals surface area (Å²) >= 11 is 3.21. The Morgan fingerprint density at radius 1 is 1.05 bits per heavy atom. The molecule has 0 saturated carbocycles. The molecule has 2 aromatic rings. The van der Waals surface area contributed by atoms with E-state index in [9.17, 15) is 17.6 Å². The fourth-order valence-corrected chi connectivity index (χ4v) is 2.41. The summed E-state index contributed by atoms with van der Waals surface area (Å²) in [6, 6.07) is 8.69. The monoisotopic (exact) mass is 399 g/mol. The molecule has 0 aliphatic heterocycles. The Bertz CT molecular complexity index is 634. The van der Waals surface area contributed by atoms with E-state index in [0.717, 1.165) is 0 Å². The predicted molar refractivity (Wildman–Crippen MR) is 80.5 cm³/mol. The molecule has 0 aliphatic rings. The van der Waals surface area contributed by atoms with Crippen molar-refractivity contribution in [2.24, 2.45) is 5.73 Å². The van der Waals surface area contributed by atoms with Crippen LogP contribution in [-0.2, 0) is 0 Å². The van der Waals surface area contributed by atoms with Crippen LogP contribution in [0.2, 0.25) is 0 Å². The van der Waals surface area contributed by atoms with Gasteiger partial charge in [0.05, 0.1) is 6.04 Å². The highest BCUT2D eigenvalue weighted by Gasteiger charge is 2.31. The van der Waals surface area contributed by atoms with Crippen molar-refractivity contribution in [1.29, 1.82) is 0 Å². The third kappa shape index (κ3) is 4.86. The molecule has 0 aromatic heterocycles. The minimum absolute atomic E-state index is 0. The third-order valence-electron chi connectivity index (χ3n) is 2.77. The van der Waals surface area contributed by atoms with Crippen molar-refractivity contribution in [3.63, 3.8) is 0 Å². The number of rotatable bonds is 3. The highest BCUT2D eigenvalue weighted by Crippen LogP contribution is 2.29. The lowest BCUT2D eigenvalue weighted by atomic mass is 9.99. The third-order valence-corrected chi connectivity index (χ3v) is 3.46. The van der Waals surface area contributed by atoms with Crippen LogP contribution < -0.4 is 10.5 Å². The van der Waals surface area contributed by atoms with Gasteiger partial charge < -0.3 is 10.5 Å². The normalized spacial score (nSPS) is 12.5. The van der Waals surface area contributed by atoms with Gasteiger partial charge in [0.1, 0.15) is 11.6 Å². The van der Waals surface area contributed by atoms with Gasteiger partial charge in [0.25, 0.3) is 0 Å². The maximum Gasteiger partial charge on any atom is 0.573 e. The summed E-state index contributed by atoms with van der Waals surface area (Å²) < 4.78 is 53.5. The van der Waals surface area contributed by atoms with Gasteiger partial charge in [0.15, 0.2) is 0 Å². The first-order chi connectivity index (χ1) is 9.76. The van der Waals surface area contributed by atoms with Gasteiger partial charge in [-0.3, -0.25) is 0 Å². The van der Waals surface area contributed by atoms with E-state index in [0.29, 0.717) is 15.6 Å². The van der Waals surface area contributed by atoms with Crippen LogP contribution in [0.15, 0.2) is 46.9 Å². The number of benzene rings is 2. The fourth-order valence-electron chi connectivity index (χ4n) is 1.81. The van der Waals surface area contributed by atoms with Gasteiger partial charge in [-0.15, -0.1) is 25.6 Å². The first-order valence-corrected chi connectivity index (χ1v) is 6.62. The minimum Gasteiger partial charge on any atom is -0.406 e. The summed E-state index contributed by atoms with van der Waals surface area (Å²) in [5.41, 5.74) is 7.24. The number of nitrogens with two attached hydrogens (primary N) is 1. The van der Waals surface area contributed by atoms with Crippen molar-refractivity contribution >= 4 is 28.3 Å². The Labute approximate surface area is 138 Å². The largest absolute Gasteiger partial charge is 0.573 e. The molecule has 0 amide bonds. The van der Waals surface area contributed by atoms with Crippen LogP contribution in [0.3, 0.4) is 0 Å². The summed E-state index contributed by atoms with van der Waals surface area (Å²) in [5.74, 6) is -0.733. The first-order valence-electron chi connectivity index (χ1n) is 5.82. The van der Waals surface area contributed by atoms with Crippen LogP contribution in [0.1, 0.15) is 17.2 Å². The van der Waals surface area contributed by atoms with E-state index < -0.39 is 18.2 Å². The molecule has 2 rings (SSSR count). The molecule has 22 heavy (non-hydrogen) atoms. The zero-order valence-electron chi connectivity index (χ0n) is 10.9. The number of hydrogen-bond donors (Lipinski definition) is 1. The number of halogens is 6. The van der Waals surface area contributed by atoms with Crippen molar-refractivity contribution in [2.75, 3.05) is 0 Å². The molecule has 0 spiro atoms. The topological polar surface area (TPSA) is 35.2 Å². The molecule has 0 saturated heterocycles. The lowest BCUT2D eigenvalue weighted by molar-refractivity contribution is -0.274. The Morgan fingerprint density at radius 2 is 1.64 bits per heavy atom. The van der Waals surface area contributed by atoms with Crippen molar-refractivity contribution in [3.8, 4) is 5.75 Å². The van der Waals surface area contributed by atoms with E-state index in [-0.39, 0.29) is 18.2 Å². The molecule has 0 bridgehead atoms. The second-order valence-electron chi connectivity index (χ2n) is 4.26. The van der Waals surface area contributed by atoms with Crippen LogP contribution >= 0.6 is 28.3 Å². The van der Waals surface area contributed by atoms with Gasteiger partial charge >= 0.3 is 6.36 Å². The van der Waals surface area contributed by atoms with E-state index in [4.69, 9.17) is 5.73 Å². The second kappa shape index (κ2) is 7.30. The van der Waals surface area contributed by atoms with Crippen molar-refractivity contribution in [1.82, 2.24) is 0 Å². The van der Waals surface area contributed by atoms with Crippen LogP contribution in [-0.4, -0.2) is 6.36 Å². The van der Waals surface area contributed by atoms with Crippen molar-refractivity contribution in [3.05, 3.63) is 63.9 Å². The van der Waals surface area contributed by atoms with Gasteiger partial charge in [-0.1, -0.05) is 34.1 Å². The lowest BCUT2D eigenvalue weighted by Gasteiger charge is -2.15. The summed E-state index contributed by atoms with van der Waals surface area (Å²) in [4.78, 5) is 0. The molecule has 2 aromatic carbocycles. The Morgan fingerprint density at radius 3 is 2.14 bits per heavy atom. The Balaban J connectivity index is 0.00000242. The summed E-state index contributed by atoms with van der Waals surface area (Å²) in [6.07, 6.45) is -4.73. The predicted octanol–water partition coefficient (Wildman–Crippen LogP) is 4.96. The average Bonchev–Trinajstić information content (AvgIpc) is 2.37. The number of ether oxygens (including phenoxy) is 1. The van der Waals surface area contributed by atoms with E-state index >= 15 is 0 Å². The van der Waals surface area contributed by atoms with Crippen LogP contribution in [0.5, 0.6) is 5.75 Å². The molecular formula is C14H11BrClF4NO. The maximum absolute atomic E-state index is 13.0. The van der Waals surface area contributed by atoms with Gasteiger partial charge in [0.2, 0.25) is 0 Å². The van der Waals surface area contributed by atoms with Crippen molar-refractivity contribution < 1.29 is 22.3 Å². The summed E-state index contributed by atoms with van der Waals surface area (Å²) in [7, 11) is 0. The average molecular weight is 401 g/mol. The molecule has 2 nitrogen and oxygen atoms in total. The minimum atomic E-state index is -4.73. The molecule has 8 heteroatoms. The van der Waals surface area contributed by atoms with Gasteiger partial charge in [-0.25, -0.2) is 4.39 Å². The van der Waals surface area contributed by atoms with E-state index in [1.165, 1.54) is 42.5 Å². The molecule has 0 unspecified atom stereocenters. The molecule has 2 N–H and O–H groups in total. The zero-order chi connectivity index (χ0) is 15.6. The molecule has 0 aliphatic carbocycles. The number of hydrogen-bond acceptors (Lipinski definition) is 2. The quantitative estimate of drug-likeness (QED) is 0.740. The fraction of sp³-hybridized carbons (Fsp3) is 0.143. The molecule has 120 valence electrons. The summed E-state index contributed by atoms with van der Waals surface area (Å²) in [6.45, 7) is 0. The SMILES string of the molecule is Cl.N[C@@H](c1ccc(OC(F)(F)F)cc1)c1ccc(F)cc1Br. The van der Waals surface area contributed by atoms with Gasteiger partial charge in [-0.2, -0.15) is 0 Å². The standard InChI is InChI=1S/C14H10BrF4NO.ClH/c15-12-7-9(16)3-6-11(12)13(20)8-1-4-10(5-2-8)21-14(17,18)19;/h1-7,13H,20H2;1H/t13-;/m0./s1. The molecule has 0 fully saturated rings. The van der Waals surface area contributed by atoms with Crippen LogP contribution in [0.4, 0.5) is 17.6 Å². The molecule has 0 heterocycles. The maximum atomic E-state index is 13.0. The number of alkyl halides is 3. The highest BCUT2D eigenvalue weighted by atomic mass is 79.9. The zero-order valence-corrected chi connectivity index (χ0v) is 13.3. The lowest BCUT2D eigenvalue weighted by Crippen LogP contribution is -2.17. The molecule has 0 radical (unpaired) electrons. The first kappa shape index (κ1) is 18.7. The van der Waals surface area contributed by atoms with E-state index in [1.54, 1.807) is 0 Å². The highest BCUT2D eigenvalue weighted by molar-refractivity contribution is 9.10. The Kier molecular flexibility index (Phi) is 6.22. The van der Waals surface area contributed by atoms with Crippen LogP contribution in [0, 0.1) is 5.82 Å². The molecular weight excluding hydrogens is 390 g/mol. The van der Waals surface area contributed by atoms with Gasteiger partial charge in [-0.05, 0) is 35.4 Å².